The molecule has 0 aromatic rings. The van der Waals surface area contributed by atoms with E-state index in [0.717, 1.165) is 161 Å². The molecule has 0 aliphatic carbocycles. The van der Waals surface area contributed by atoms with Gasteiger partial charge in [0.25, 0.3) is 0 Å². The zero-order valence-electron chi connectivity index (χ0n) is 52.5. The van der Waals surface area contributed by atoms with Crippen LogP contribution < -0.4 is 0 Å². The van der Waals surface area contributed by atoms with Crippen molar-refractivity contribution in [1.29, 1.82) is 0 Å². The Morgan fingerprint density at radius 1 is 0.259 bits per heavy atom. The van der Waals surface area contributed by atoms with Crippen LogP contribution in [0, 0.1) is 0 Å². The Morgan fingerprint density at radius 3 is 0.753 bits per heavy atom. The van der Waals surface area contributed by atoms with Gasteiger partial charge in [0.1, 0.15) is 13.2 Å². The minimum absolute atomic E-state index is 0.0907. The Kier molecular flexibility index (Phi) is 63.9. The van der Waals surface area contributed by atoms with Crippen molar-refractivity contribution in [3.8, 4) is 0 Å². The fourth-order valence-electron chi connectivity index (χ4n) is 8.92. The average Bonchev–Trinajstić information content (AvgIpc) is 3.46. The number of esters is 3. The van der Waals surface area contributed by atoms with Crippen LogP contribution in [0.3, 0.4) is 0 Å². The number of carbonyl (C=O) groups is 3. The molecular weight excluding hydrogens is 997 g/mol. The molecule has 0 saturated carbocycles. The molecule has 81 heavy (non-hydrogen) atoms. The molecule has 0 saturated heterocycles. The quantitative estimate of drug-likeness (QED) is 0.0261. The molecular formula is C75H122O6. The van der Waals surface area contributed by atoms with Crippen LogP contribution in [-0.2, 0) is 28.6 Å². The summed E-state index contributed by atoms with van der Waals surface area (Å²) in [4.78, 5) is 38.3. The third-order valence-corrected chi connectivity index (χ3v) is 13.8. The first-order chi connectivity index (χ1) is 40.0. The van der Waals surface area contributed by atoms with E-state index >= 15 is 0 Å². The van der Waals surface area contributed by atoms with E-state index in [-0.39, 0.29) is 31.1 Å². The van der Waals surface area contributed by atoms with Crippen LogP contribution in [-0.4, -0.2) is 37.2 Å². The Morgan fingerprint density at radius 2 is 0.481 bits per heavy atom. The lowest BCUT2D eigenvalue weighted by molar-refractivity contribution is -0.167. The first-order valence-corrected chi connectivity index (χ1v) is 33.3. The van der Waals surface area contributed by atoms with Gasteiger partial charge in [-0.1, -0.05) is 295 Å². The summed E-state index contributed by atoms with van der Waals surface area (Å²) < 4.78 is 16.9. The van der Waals surface area contributed by atoms with Gasteiger partial charge < -0.3 is 14.2 Å². The third-order valence-electron chi connectivity index (χ3n) is 13.8. The SMILES string of the molecule is CC/C=C\C/C=C\C/C=C\C/C=C\C/C=C\C/C=C\C/C=C\C/C=C\CCCCCCCCC(=O)OCC(COC(=O)CCCCCCCCCCCCCCC)OC(=O)CCCCCCCC/C=C\C/C=C\C/C=C\C/C=C\CC. The van der Waals surface area contributed by atoms with Crippen molar-refractivity contribution in [3.05, 3.63) is 146 Å². The number of carbonyl (C=O) groups excluding carboxylic acids is 3. The molecule has 0 spiro atoms. The first-order valence-electron chi connectivity index (χ1n) is 33.3. The lowest BCUT2D eigenvalue weighted by atomic mass is 10.0. The highest BCUT2D eigenvalue weighted by molar-refractivity contribution is 5.71. The largest absolute Gasteiger partial charge is 0.462 e. The minimum Gasteiger partial charge on any atom is -0.462 e. The standard InChI is InChI=1S/C75H122O6/c1-4-7-10-13-16-19-22-25-27-29-31-32-33-34-35-36-37-38-39-40-41-42-44-45-47-50-53-56-59-62-65-68-74(77)80-71-72(70-79-73(76)67-64-61-58-55-52-49-24-21-18-15-12-9-6-3)81-75(78)69-66-63-60-57-54-51-48-46-43-30-28-26-23-20-17-14-11-8-5-2/h7-8,10-11,16-17,19-20,25-28,31-32,34-35,37-38,40-41,43-46,72H,4-6,9,12-15,18,21-24,29-30,33,36,39,42,47-71H2,1-3H3/b10-7-,11-8-,19-16-,20-17-,27-25-,28-26-,32-31-,35-34-,38-37-,41-40-,45-44-,46-43-. The highest BCUT2D eigenvalue weighted by atomic mass is 16.6. The molecule has 1 atom stereocenters. The van der Waals surface area contributed by atoms with Gasteiger partial charge >= 0.3 is 17.9 Å². The molecule has 0 aliphatic rings. The van der Waals surface area contributed by atoms with Crippen molar-refractivity contribution >= 4 is 17.9 Å². The van der Waals surface area contributed by atoms with Gasteiger partial charge in [-0.05, 0) is 122 Å². The molecule has 0 fully saturated rings. The van der Waals surface area contributed by atoms with Crippen LogP contribution in [0.5, 0.6) is 0 Å². The topological polar surface area (TPSA) is 78.9 Å². The second-order valence-electron chi connectivity index (χ2n) is 21.6. The molecule has 0 amide bonds. The molecule has 6 nitrogen and oxygen atoms in total. The first kappa shape index (κ1) is 76.3. The number of allylic oxidation sites excluding steroid dienone is 24. The minimum atomic E-state index is -0.797. The van der Waals surface area contributed by atoms with E-state index in [1.54, 1.807) is 0 Å². The number of ether oxygens (including phenoxy) is 3. The van der Waals surface area contributed by atoms with Crippen LogP contribution in [0.2, 0.25) is 0 Å². The number of hydrogen-bond donors (Lipinski definition) is 0. The number of hydrogen-bond acceptors (Lipinski definition) is 6. The molecule has 0 bridgehead atoms. The third kappa shape index (κ3) is 66.0. The maximum atomic E-state index is 12.9. The van der Waals surface area contributed by atoms with Crippen LogP contribution in [0.1, 0.15) is 290 Å². The summed E-state index contributed by atoms with van der Waals surface area (Å²) in [6.07, 6.45) is 97.1. The lowest BCUT2D eigenvalue weighted by Gasteiger charge is -2.18. The molecule has 0 heterocycles. The summed E-state index contributed by atoms with van der Waals surface area (Å²) in [6.45, 7) is 6.40. The summed E-state index contributed by atoms with van der Waals surface area (Å²) in [5, 5.41) is 0. The fourth-order valence-corrected chi connectivity index (χ4v) is 8.92. The Hall–Kier alpha value is -4.71. The zero-order chi connectivity index (χ0) is 58.5. The maximum Gasteiger partial charge on any atom is 0.306 e. The maximum absolute atomic E-state index is 12.9. The lowest BCUT2D eigenvalue weighted by Crippen LogP contribution is -2.30. The summed E-state index contributed by atoms with van der Waals surface area (Å²) in [7, 11) is 0. The van der Waals surface area contributed by atoms with Gasteiger partial charge in [0.05, 0.1) is 0 Å². The van der Waals surface area contributed by atoms with Crippen molar-refractivity contribution < 1.29 is 28.6 Å². The van der Waals surface area contributed by atoms with E-state index in [0.29, 0.717) is 19.3 Å². The molecule has 0 rings (SSSR count). The second-order valence-corrected chi connectivity index (χ2v) is 21.6. The van der Waals surface area contributed by atoms with Gasteiger partial charge in [0.15, 0.2) is 6.10 Å². The van der Waals surface area contributed by atoms with Gasteiger partial charge in [0, 0.05) is 19.3 Å². The molecule has 0 aromatic heterocycles. The van der Waals surface area contributed by atoms with Crippen LogP contribution in [0.4, 0.5) is 0 Å². The molecule has 0 radical (unpaired) electrons. The zero-order valence-corrected chi connectivity index (χ0v) is 52.5. The van der Waals surface area contributed by atoms with Gasteiger partial charge in [-0.15, -0.1) is 0 Å². The van der Waals surface area contributed by atoms with Crippen LogP contribution >= 0.6 is 0 Å². The summed E-state index contributed by atoms with van der Waals surface area (Å²) >= 11 is 0. The van der Waals surface area contributed by atoms with E-state index in [1.165, 1.54) is 89.9 Å². The molecule has 0 aliphatic heterocycles. The van der Waals surface area contributed by atoms with Gasteiger partial charge in [0.2, 0.25) is 0 Å². The van der Waals surface area contributed by atoms with E-state index in [4.69, 9.17) is 14.2 Å². The second kappa shape index (κ2) is 67.8. The highest BCUT2D eigenvalue weighted by Crippen LogP contribution is 2.15. The molecule has 6 heteroatoms. The molecule has 0 N–H and O–H groups in total. The molecule has 0 aromatic carbocycles. The van der Waals surface area contributed by atoms with Crippen molar-refractivity contribution in [2.24, 2.45) is 0 Å². The monoisotopic (exact) mass is 1120 g/mol. The van der Waals surface area contributed by atoms with E-state index < -0.39 is 6.10 Å². The summed E-state index contributed by atoms with van der Waals surface area (Å²) in [5.74, 6) is -0.917. The normalized spacial score (nSPS) is 13.1. The van der Waals surface area contributed by atoms with Crippen LogP contribution in [0.25, 0.3) is 0 Å². The Bertz CT molecular complexity index is 1760. The van der Waals surface area contributed by atoms with Crippen LogP contribution in [0.15, 0.2) is 146 Å². The predicted molar refractivity (Wildman–Crippen MR) is 352 cm³/mol. The van der Waals surface area contributed by atoms with Gasteiger partial charge in [-0.2, -0.15) is 0 Å². The van der Waals surface area contributed by atoms with E-state index in [1.807, 2.05) is 0 Å². The van der Waals surface area contributed by atoms with Gasteiger partial charge in [-0.25, -0.2) is 0 Å². The highest BCUT2D eigenvalue weighted by Gasteiger charge is 2.19. The average molecular weight is 1120 g/mol. The smallest absolute Gasteiger partial charge is 0.306 e. The molecule has 458 valence electrons. The van der Waals surface area contributed by atoms with Crippen molar-refractivity contribution in [1.82, 2.24) is 0 Å². The Balaban J connectivity index is 4.37. The van der Waals surface area contributed by atoms with E-state index in [9.17, 15) is 14.4 Å². The summed E-state index contributed by atoms with van der Waals surface area (Å²) in [5.41, 5.74) is 0. The van der Waals surface area contributed by atoms with Crippen molar-refractivity contribution in [3.63, 3.8) is 0 Å². The molecule has 1 unspecified atom stereocenters. The van der Waals surface area contributed by atoms with E-state index in [2.05, 4.69) is 167 Å². The van der Waals surface area contributed by atoms with Crippen molar-refractivity contribution in [2.45, 2.75) is 297 Å². The van der Waals surface area contributed by atoms with Crippen molar-refractivity contribution in [2.75, 3.05) is 13.2 Å². The fraction of sp³-hybridized carbons (Fsp3) is 0.640. The van der Waals surface area contributed by atoms with Gasteiger partial charge in [-0.3, -0.25) is 14.4 Å². The number of rotatable bonds is 59. The Labute approximate surface area is 499 Å². The number of unbranched alkanes of at least 4 members (excludes halogenated alkanes) is 24. The summed E-state index contributed by atoms with van der Waals surface area (Å²) in [6, 6.07) is 0. The predicted octanol–water partition coefficient (Wildman–Crippen LogP) is 23.1.